The summed E-state index contributed by atoms with van der Waals surface area (Å²) in [5.41, 5.74) is 1.87. The molecular weight excluding hydrogens is 298 g/mol. The number of esters is 1. The van der Waals surface area contributed by atoms with Gasteiger partial charge in [-0.1, -0.05) is 28.9 Å². The van der Waals surface area contributed by atoms with Crippen LogP contribution in [0.1, 0.15) is 18.9 Å². The molecule has 0 bridgehead atoms. The van der Waals surface area contributed by atoms with Crippen LogP contribution in [0, 0.1) is 0 Å². The summed E-state index contributed by atoms with van der Waals surface area (Å²) >= 11 is 3.48. The fraction of sp³-hybridized carbons (Fsp3) is 0.462. The SMILES string of the molecule is CCC(Nc1cccc(Br)c1COC)C(=O)OC. The van der Waals surface area contributed by atoms with E-state index in [1.807, 2.05) is 25.1 Å². The molecule has 1 unspecified atom stereocenters. The van der Waals surface area contributed by atoms with Gasteiger partial charge in [-0.2, -0.15) is 0 Å². The Bertz CT molecular complexity index is 409. The first-order valence-corrected chi connectivity index (χ1v) is 6.54. The van der Waals surface area contributed by atoms with Crippen molar-refractivity contribution in [1.82, 2.24) is 0 Å². The number of ether oxygens (including phenoxy) is 2. The second kappa shape index (κ2) is 7.38. The Hall–Kier alpha value is -1.07. The maximum atomic E-state index is 11.6. The van der Waals surface area contributed by atoms with Crippen molar-refractivity contribution in [2.75, 3.05) is 19.5 Å². The van der Waals surface area contributed by atoms with E-state index in [9.17, 15) is 4.79 Å². The minimum atomic E-state index is -0.347. The highest BCUT2D eigenvalue weighted by molar-refractivity contribution is 9.10. The van der Waals surface area contributed by atoms with E-state index in [0.717, 1.165) is 15.7 Å². The highest BCUT2D eigenvalue weighted by atomic mass is 79.9. The van der Waals surface area contributed by atoms with Gasteiger partial charge in [0, 0.05) is 22.8 Å². The maximum absolute atomic E-state index is 11.6. The second-order valence-corrected chi connectivity index (χ2v) is 4.68. The molecule has 0 aromatic heterocycles. The number of carbonyl (C=O) groups excluding carboxylic acids is 1. The van der Waals surface area contributed by atoms with Crippen LogP contribution < -0.4 is 5.32 Å². The lowest BCUT2D eigenvalue weighted by Crippen LogP contribution is -2.30. The summed E-state index contributed by atoms with van der Waals surface area (Å²) < 4.78 is 10.9. The van der Waals surface area contributed by atoms with Gasteiger partial charge in [0.05, 0.1) is 13.7 Å². The van der Waals surface area contributed by atoms with E-state index in [2.05, 4.69) is 21.2 Å². The number of hydrogen-bond donors (Lipinski definition) is 1. The van der Waals surface area contributed by atoms with Crippen LogP contribution >= 0.6 is 15.9 Å². The minimum Gasteiger partial charge on any atom is -0.467 e. The summed E-state index contributed by atoms with van der Waals surface area (Å²) in [6.45, 7) is 2.41. The van der Waals surface area contributed by atoms with E-state index in [4.69, 9.17) is 9.47 Å². The molecule has 100 valence electrons. The van der Waals surface area contributed by atoms with Gasteiger partial charge in [-0.15, -0.1) is 0 Å². The molecule has 1 rings (SSSR count). The largest absolute Gasteiger partial charge is 0.467 e. The number of methoxy groups -OCH3 is 2. The number of hydrogen-bond acceptors (Lipinski definition) is 4. The third-order valence-electron chi connectivity index (χ3n) is 2.63. The quantitative estimate of drug-likeness (QED) is 0.820. The molecule has 0 aliphatic carbocycles. The Morgan fingerprint density at radius 2 is 2.17 bits per heavy atom. The van der Waals surface area contributed by atoms with Crippen LogP contribution in [0.4, 0.5) is 5.69 Å². The van der Waals surface area contributed by atoms with Crippen molar-refractivity contribution in [1.29, 1.82) is 0 Å². The van der Waals surface area contributed by atoms with Crippen molar-refractivity contribution in [2.24, 2.45) is 0 Å². The van der Waals surface area contributed by atoms with Crippen LogP contribution in [-0.2, 0) is 20.9 Å². The lowest BCUT2D eigenvalue weighted by Gasteiger charge is -2.19. The summed E-state index contributed by atoms with van der Waals surface area (Å²) in [5.74, 6) is -0.263. The maximum Gasteiger partial charge on any atom is 0.328 e. The van der Waals surface area contributed by atoms with E-state index in [1.54, 1.807) is 7.11 Å². The molecule has 5 heteroatoms. The Morgan fingerprint density at radius 1 is 1.44 bits per heavy atom. The van der Waals surface area contributed by atoms with Crippen molar-refractivity contribution in [3.05, 3.63) is 28.2 Å². The summed E-state index contributed by atoms with van der Waals surface area (Å²) in [4.78, 5) is 11.6. The Balaban J connectivity index is 2.95. The van der Waals surface area contributed by atoms with E-state index < -0.39 is 0 Å². The summed E-state index contributed by atoms with van der Waals surface area (Å²) in [5, 5.41) is 3.19. The first-order valence-electron chi connectivity index (χ1n) is 5.74. The molecule has 18 heavy (non-hydrogen) atoms. The van der Waals surface area contributed by atoms with Gasteiger partial charge in [-0.3, -0.25) is 0 Å². The Morgan fingerprint density at radius 3 is 2.72 bits per heavy atom. The van der Waals surface area contributed by atoms with Gasteiger partial charge >= 0.3 is 5.97 Å². The molecule has 1 N–H and O–H groups in total. The van der Waals surface area contributed by atoms with Crippen LogP contribution in [0.3, 0.4) is 0 Å². The number of rotatable bonds is 6. The van der Waals surface area contributed by atoms with E-state index in [-0.39, 0.29) is 12.0 Å². The summed E-state index contributed by atoms with van der Waals surface area (Å²) in [6, 6.07) is 5.43. The molecule has 0 saturated carbocycles. The molecule has 0 aliphatic heterocycles. The second-order valence-electron chi connectivity index (χ2n) is 3.83. The highest BCUT2D eigenvalue weighted by Gasteiger charge is 2.18. The van der Waals surface area contributed by atoms with Crippen molar-refractivity contribution in [3.63, 3.8) is 0 Å². The number of anilines is 1. The molecule has 0 fully saturated rings. The predicted octanol–water partition coefficient (Wildman–Crippen LogP) is 2.96. The zero-order valence-corrected chi connectivity index (χ0v) is 12.4. The van der Waals surface area contributed by atoms with Crippen LogP contribution in [0.5, 0.6) is 0 Å². The van der Waals surface area contributed by atoms with Gasteiger partial charge in [-0.25, -0.2) is 4.79 Å². The lowest BCUT2D eigenvalue weighted by molar-refractivity contribution is -0.141. The molecule has 0 radical (unpaired) electrons. The van der Waals surface area contributed by atoms with E-state index >= 15 is 0 Å². The van der Waals surface area contributed by atoms with Crippen LogP contribution in [0.15, 0.2) is 22.7 Å². The third-order valence-corrected chi connectivity index (χ3v) is 3.37. The van der Waals surface area contributed by atoms with Crippen molar-refractivity contribution < 1.29 is 14.3 Å². The monoisotopic (exact) mass is 315 g/mol. The average Bonchev–Trinajstić information content (AvgIpc) is 2.38. The molecule has 0 heterocycles. The van der Waals surface area contributed by atoms with Crippen LogP contribution in [-0.4, -0.2) is 26.2 Å². The van der Waals surface area contributed by atoms with Gasteiger partial charge in [0.15, 0.2) is 0 Å². The number of nitrogens with one attached hydrogen (secondary N) is 1. The topological polar surface area (TPSA) is 47.6 Å². The molecule has 1 atom stereocenters. The number of halogens is 1. The standard InChI is InChI=1S/C13H18BrNO3/c1-4-11(13(16)18-3)15-12-7-5-6-10(14)9(12)8-17-2/h5-7,11,15H,4,8H2,1-3H3. The number of benzene rings is 1. The molecule has 0 spiro atoms. The summed E-state index contributed by atoms with van der Waals surface area (Å²) in [7, 11) is 3.03. The molecule has 1 aromatic rings. The molecule has 0 saturated heterocycles. The first-order chi connectivity index (χ1) is 8.63. The van der Waals surface area contributed by atoms with Crippen molar-refractivity contribution in [3.8, 4) is 0 Å². The van der Waals surface area contributed by atoms with Gasteiger partial charge in [-0.05, 0) is 18.6 Å². The van der Waals surface area contributed by atoms with Crippen molar-refractivity contribution >= 4 is 27.6 Å². The predicted molar refractivity (Wildman–Crippen MR) is 74.6 cm³/mol. The first kappa shape index (κ1) is 15.0. The lowest BCUT2D eigenvalue weighted by atomic mass is 10.1. The molecule has 0 amide bonds. The minimum absolute atomic E-state index is 0.263. The van der Waals surface area contributed by atoms with Gasteiger partial charge in [0.1, 0.15) is 6.04 Å². The molecular formula is C13H18BrNO3. The van der Waals surface area contributed by atoms with Gasteiger partial charge in [0.25, 0.3) is 0 Å². The van der Waals surface area contributed by atoms with Crippen LogP contribution in [0.25, 0.3) is 0 Å². The highest BCUT2D eigenvalue weighted by Crippen LogP contribution is 2.26. The smallest absolute Gasteiger partial charge is 0.328 e. The van der Waals surface area contributed by atoms with E-state index in [1.165, 1.54) is 7.11 Å². The summed E-state index contributed by atoms with van der Waals surface area (Å²) in [6.07, 6.45) is 0.658. The number of carbonyl (C=O) groups is 1. The van der Waals surface area contributed by atoms with Gasteiger partial charge < -0.3 is 14.8 Å². The molecule has 1 aromatic carbocycles. The molecule has 4 nitrogen and oxygen atoms in total. The van der Waals surface area contributed by atoms with Crippen molar-refractivity contribution in [2.45, 2.75) is 26.0 Å². The molecule has 0 aliphatic rings. The van der Waals surface area contributed by atoms with Crippen LogP contribution in [0.2, 0.25) is 0 Å². The fourth-order valence-electron chi connectivity index (χ4n) is 1.64. The Labute approximate surface area is 116 Å². The zero-order valence-electron chi connectivity index (χ0n) is 10.8. The normalized spacial score (nSPS) is 12.0. The van der Waals surface area contributed by atoms with Gasteiger partial charge in [0.2, 0.25) is 0 Å². The fourth-order valence-corrected chi connectivity index (χ4v) is 2.12. The average molecular weight is 316 g/mol. The van der Waals surface area contributed by atoms with E-state index in [0.29, 0.717) is 13.0 Å². The third kappa shape index (κ3) is 3.71. The Kier molecular flexibility index (Phi) is 6.15. The zero-order chi connectivity index (χ0) is 13.5.